The SMILES string of the molecule is CSc1cc(CNC(=O)OC(C)(C)C)nc(C2(C)NC(C(=O)O)C(C)O2)c1. The number of hydrogen-bond acceptors (Lipinski definition) is 7. The van der Waals surface area contributed by atoms with E-state index < -0.39 is 35.5 Å². The van der Waals surface area contributed by atoms with Crippen molar-refractivity contribution in [3.63, 3.8) is 0 Å². The molecule has 0 aliphatic carbocycles. The fourth-order valence-corrected chi connectivity index (χ4v) is 3.26. The van der Waals surface area contributed by atoms with E-state index in [4.69, 9.17) is 9.47 Å². The van der Waals surface area contributed by atoms with Crippen molar-refractivity contribution in [2.75, 3.05) is 6.26 Å². The van der Waals surface area contributed by atoms with Crippen LogP contribution in [0.5, 0.6) is 0 Å². The Balaban J connectivity index is 2.20. The van der Waals surface area contributed by atoms with Crippen molar-refractivity contribution < 1.29 is 24.2 Å². The number of carbonyl (C=O) groups excluding carboxylic acids is 1. The van der Waals surface area contributed by atoms with Gasteiger partial charge in [0.25, 0.3) is 0 Å². The van der Waals surface area contributed by atoms with Crippen LogP contribution in [0.3, 0.4) is 0 Å². The third-order valence-electron chi connectivity index (χ3n) is 3.98. The zero-order valence-corrected chi connectivity index (χ0v) is 17.3. The number of thioether (sulfide) groups is 1. The van der Waals surface area contributed by atoms with Gasteiger partial charge in [-0.3, -0.25) is 15.1 Å². The van der Waals surface area contributed by atoms with Crippen molar-refractivity contribution in [2.45, 2.75) is 69.5 Å². The van der Waals surface area contributed by atoms with Gasteiger partial charge in [-0.25, -0.2) is 4.79 Å². The second-order valence-corrected chi connectivity index (χ2v) is 8.44. The minimum atomic E-state index is -1.03. The van der Waals surface area contributed by atoms with E-state index in [1.807, 2.05) is 18.4 Å². The monoisotopic (exact) mass is 397 g/mol. The van der Waals surface area contributed by atoms with Crippen LogP contribution in [0.4, 0.5) is 4.79 Å². The first-order chi connectivity index (χ1) is 12.4. The standard InChI is InChI=1S/C18H27N3O5S/c1-10-14(15(22)23)21-18(5,25-10)13-8-12(27-6)7-11(20-13)9-19-16(24)26-17(2,3)4/h7-8,10,14,21H,9H2,1-6H3,(H,19,24)(H,22,23). The predicted molar refractivity (Wildman–Crippen MR) is 102 cm³/mol. The molecule has 0 radical (unpaired) electrons. The summed E-state index contributed by atoms with van der Waals surface area (Å²) in [6.45, 7) is 9.03. The molecule has 150 valence electrons. The number of amides is 1. The van der Waals surface area contributed by atoms with Gasteiger partial charge in [0.05, 0.1) is 24.0 Å². The number of carboxylic acid groups (broad SMARTS) is 1. The number of hydrogen-bond donors (Lipinski definition) is 3. The van der Waals surface area contributed by atoms with Gasteiger partial charge >= 0.3 is 12.1 Å². The van der Waals surface area contributed by atoms with Gasteiger partial charge in [0.2, 0.25) is 0 Å². The summed E-state index contributed by atoms with van der Waals surface area (Å²) in [6, 6.07) is 2.89. The molecule has 1 aliphatic heterocycles. The van der Waals surface area contributed by atoms with Crippen LogP contribution in [0.2, 0.25) is 0 Å². The summed E-state index contributed by atoms with van der Waals surface area (Å²) in [7, 11) is 0. The topological polar surface area (TPSA) is 110 Å². The van der Waals surface area contributed by atoms with Gasteiger partial charge in [-0.05, 0) is 53.0 Å². The number of carboxylic acids is 1. The summed E-state index contributed by atoms with van der Waals surface area (Å²) in [6.07, 6.45) is 0.898. The first-order valence-electron chi connectivity index (χ1n) is 8.64. The normalized spacial score (nSPS) is 25.3. The quantitative estimate of drug-likeness (QED) is 0.650. The van der Waals surface area contributed by atoms with E-state index in [9.17, 15) is 14.7 Å². The smallest absolute Gasteiger partial charge is 0.407 e. The lowest BCUT2D eigenvalue weighted by atomic mass is 10.1. The van der Waals surface area contributed by atoms with Crippen molar-refractivity contribution in [3.8, 4) is 0 Å². The molecule has 3 unspecified atom stereocenters. The number of aromatic nitrogens is 1. The molecule has 0 aromatic carbocycles. The molecule has 3 atom stereocenters. The Kier molecular flexibility index (Phi) is 6.39. The van der Waals surface area contributed by atoms with Crippen molar-refractivity contribution in [1.29, 1.82) is 0 Å². The first kappa shape index (κ1) is 21.5. The Morgan fingerprint density at radius 1 is 1.44 bits per heavy atom. The molecule has 3 N–H and O–H groups in total. The van der Waals surface area contributed by atoms with Crippen molar-refractivity contribution in [2.24, 2.45) is 0 Å². The number of pyridine rings is 1. The number of alkyl carbamates (subject to hydrolysis) is 1. The predicted octanol–water partition coefficient (Wildman–Crippen LogP) is 2.46. The lowest BCUT2D eigenvalue weighted by molar-refractivity contribution is -0.140. The Hall–Kier alpha value is -1.84. The second-order valence-electron chi connectivity index (χ2n) is 7.56. The number of ether oxygens (including phenoxy) is 2. The molecular formula is C18H27N3O5S. The van der Waals surface area contributed by atoms with Crippen LogP contribution < -0.4 is 10.6 Å². The van der Waals surface area contributed by atoms with Gasteiger partial charge in [-0.1, -0.05) is 0 Å². The fraction of sp³-hybridized carbons (Fsp3) is 0.611. The molecule has 0 saturated carbocycles. The molecule has 1 aromatic rings. The molecule has 0 spiro atoms. The molecule has 1 fully saturated rings. The molecule has 8 nitrogen and oxygen atoms in total. The molecule has 27 heavy (non-hydrogen) atoms. The minimum Gasteiger partial charge on any atom is -0.480 e. The van der Waals surface area contributed by atoms with Crippen molar-refractivity contribution in [3.05, 3.63) is 23.5 Å². The molecule has 1 aromatic heterocycles. The zero-order valence-electron chi connectivity index (χ0n) is 16.5. The maximum atomic E-state index is 11.9. The number of nitrogens with zero attached hydrogens (tertiary/aromatic N) is 1. The summed E-state index contributed by atoms with van der Waals surface area (Å²) < 4.78 is 11.1. The zero-order chi connectivity index (χ0) is 20.4. The van der Waals surface area contributed by atoms with Gasteiger partial charge in [-0.2, -0.15) is 0 Å². The van der Waals surface area contributed by atoms with Gasteiger partial charge in [0, 0.05) is 4.90 Å². The van der Waals surface area contributed by atoms with E-state index in [0.29, 0.717) is 11.4 Å². The minimum absolute atomic E-state index is 0.185. The summed E-state index contributed by atoms with van der Waals surface area (Å²) in [5.74, 6) is -0.973. The van der Waals surface area contributed by atoms with Crippen molar-refractivity contribution >= 4 is 23.8 Å². The Morgan fingerprint density at radius 2 is 2.11 bits per heavy atom. The van der Waals surface area contributed by atoms with Crippen LogP contribution in [0.25, 0.3) is 0 Å². The summed E-state index contributed by atoms with van der Waals surface area (Å²) in [4.78, 5) is 28.8. The highest BCUT2D eigenvalue weighted by Gasteiger charge is 2.46. The second kappa shape index (κ2) is 8.04. The Morgan fingerprint density at radius 3 is 2.63 bits per heavy atom. The van der Waals surface area contributed by atoms with Gasteiger partial charge < -0.3 is 19.9 Å². The van der Waals surface area contributed by atoms with E-state index in [2.05, 4.69) is 15.6 Å². The molecule has 1 saturated heterocycles. The summed E-state index contributed by atoms with van der Waals surface area (Å²) >= 11 is 1.52. The molecule has 0 bridgehead atoms. The fourth-order valence-electron chi connectivity index (χ4n) is 2.77. The average Bonchev–Trinajstić information content (AvgIpc) is 2.87. The summed E-state index contributed by atoms with van der Waals surface area (Å²) in [5.41, 5.74) is -0.429. The molecular weight excluding hydrogens is 370 g/mol. The van der Waals surface area contributed by atoms with Crippen LogP contribution >= 0.6 is 11.8 Å². The average molecular weight is 397 g/mol. The van der Waals surface area contributed by atoms with Crippen LogP contribution in [0, 0.1) is 0 Å². The summed E-state index contributed by atoms with van der Waals surface area (Å²) in [5, 5.41) is 15.0. The van der Waals surface area contributed by atoms with Crippen LogP contribution in [-0.2, 0) is 26.5 Å². The van der Waals surface area contributed by atoms with Crippen LogP contribution in [0.15, 0.2) is 17.0 Å². The maximum Gasteiger partial charge on any atom is 0.407 e. The molecule has 2 rings (SSSR count). The van der Waals surface area contributed by atoms with E-state index in [-0.39, 0.29) is 6.54 Å². The lowest BCUT2D eigenvalue weighted by Gasteiger charge is -2.25. The number of nitrogens with one attached hydrogen (secondary N) is 2. The third-order valence-corrected chi connectivity index (χ3v) is 4.68. The number of rotatable bonds is 5. The molecule has 1 aliphatic rings. The van der Waals surface area contributed by atoms with E-state index >= 15 is 0 Å². The number of carbonyl (C=O) groups is 2. The van der Waals surface area contributed by atoms with Crippen molar-refractivity contribution in [1.82, 2.24) is 15.6 Å². The van der Waals surface area contributed by atoms with Crippen LogP contribution in [-0.4, -0.2) is 46.2 Å². The van der Waals surface area contributed by atoms with E-state index in [1.54, 1.807) is 34.6 Å². The van der Waals surface area contributed by atoms with E-state index in [1.165, 1.54) is 11.8 Å². The van der Waals surface area contributed by atoms with Gasteiger partial charge in [0.15, 0.2) is 5.72 Å². The highest BCUT2D eigenvalue weighted by molar-refractivity contribution is 7.98. The van der Waals surface area contributed by atoms with Gasteiger partial charge in [0.1, 0.15) is 11.6 Å². The lowest BCUT2D eigenvalue weighted by Crippen LogP contribution is -2.44. The Labute approximate surface area is 163 Å². The Bertz CT molecular complexity index is 721. The first-order valence-corrected chi connectivity index (χ1v) is 9.86. The number of aliphatic carboxylic acids is 1. The largest absolute Gasteiger partial charge is 0.480 e. The van der Waals surface area contributed by atoms with E-state index in [0.717, 1.165) is 4.90 Å². The molecule has 9 heteroatoms. The highest BCUT2D eigenvalue weighted by Crippen LogP contribution is 2.32. The molecule has 2 heterocycles. The maximum absolute atomic E-state index is 11.9. The highest BCUT2D eigenvalue weighted by atomic mass is 32.2. The van der Waals surface area contributed by atoms with Gasteiger partial charge in [-0.15, -0.1) is 11.8 Å². The molecule has 1 amide bonds. The third kappa shape index (κ3) is 5.57. The van der Waals surface area contributed by atoms with Crippen LogP contribution in [0.1, 0.15) is 46.0 Å².